The van der Waals surface area contributed by atoms with Crippen molar-refractivity contribution >= 4 is 5.91 Å². The van der Waals surface area contributed by atoms with Gasteiger partial charge in [-0.2, -0.15) is 0 Å². The molecule has 1 rings (SSSR count). The van der Waals surface area contributed by atoms with Crippen LogP contribution in [0.1, 0.15) is 58.3 Å². The van der Waals surface area contributed by atoms with Crippen molar-refractivity contribution in [1.82, 2.24) is 4.90 Å². The first kappa shape index (κ1) is 15.4. The minimum absolute atomic E-state index is 0.374. The summed E-state index contributed by atoms with van der Waals surface area (Å²) in [5.41, 5.74) is 0. The first-order chi connectivity index (χ1) is 7.84. The first-order valence-corrected chi connectivity index (χ1v) is 6.57. The van der Waals surface area contributed by atoms with Gasteiger partial charge in [-0.25, -0.2) is 0 Å². The van der Waals surface area contributed by atoms with Crippen LogP contribution in [0, 0.1) is 0 Å². The summed E-state index contributed by atoms with van der Waals surface area (Å²) in [6.45, 7) is 4.25. The van der Waals surface area contributed by atoms with Gasteiger partial charge in [-0.15, -0.1) is 0 Å². The molecule has 3 nitrogen and oxygen atoms in total. The van der Waals surface area contributed by atoms with E-state index in [4.69, 9.17) is 5.11 Å². The van der Waals surface area contributed by atoms with E-state index in [2.05, 4.69) is 6.92 Å². The molecular weight excluding hydrogens is 202 g/mol. The number of aliphatic hydroxyl groups is 1. The van der Waals surface area contributed by atoms with E-state index >= 15 is 0 Å². The fourth-order valence-electron chi connectivity index (χ4n) is 2.02. The molecule has 1 amide bonds. The minimum atomic E-state index is 0.374. The van der Waals surface area contributed by atoms with E-state index in [1.165, 1.54) is 38.5 Å². The van der Waals surface area contributed by atoms with Crippen molar-refractivity contribution in [3.8, 4) is 0 Å². The number of carbonyl (C=O) groups excluding carboxylic acids is 1. The third-order valence-corrected chi connectivity index (χ3v) is 2.95. The van der Waals surface area contributed by atoms with Gasteiger partial charge in [-0.1, -0.05) is 39.0 Å². The highest BCUT2D eigenvalue weighted by atomic mass is 16.2. The fraction of sp³-hybridized carbons (Fsp3) is 0.923. The molecule has 1 heterocycles. The topological polar surface area (TPSA) is 40.5 Å². The molecule has 0 bridgehead atoms. The van der Waals surface area contributed by atoms with Gasteiger partial charge < -0.3 is 10.0 Å². The smallest absolute Gasteiger partial charge is 0.222 e. The van der Waals surface area contributed by atoms with Gasteiger partial charge in [0.1, 0.15) is 0 Å². The zero-order valence-corrected chi connectivity index (χ0v) is 10.9. The first-order valence-electron chi connectivity index (χ1n) is 6.57. The molecule has 1 aliphatic heterocycles. The quantitative estimate of drug-likeness (QED) is 0.682. The van der Waals surface area contributed by atoms with Crippen molar-refractivity contribution in [3.63, 3.8) is 0 Å². The molecule has 3 heteroatoms. The highest BCUT2D eigenvalue weighted by Crippen LogP contribution is 2.12. The number of hydrogen-bond acceptors (Lipinski definition) is 2. The molecule has 1 saturated heterocycles. The van der Waals surface area contributed by atoms with E-state index in [1.807, 2.05) is 4.90 Å². The van der Waals surface area contributed by atoms with Crippen molar-refractivity contribution in [2.75, 3.05) is 20.2 Å². The van der Waals surface area contributed by atoms with Gasteiger partial charge in [0.25, 0.3) is 0 Å². The molecule has 0 aromatic rings. The van der Waals surface area contributed by atoms with Gasteiger partial charge in [0.2, 0.25) is 5.91 Å². The van der Waals surface area contributed by atoms with E-state index in [-0.39, 0.29) is 0 Å². The standard InChI is InChI=1S/C12H23NO.CH4O/c1-2-3-4-5-6-7-10-13-11-8-9-12(13)14;1-2/h2-11H2,1H3;2H,1H3. The predicted octanol–water partition coefficient (Wildman–Crippen LogP) is 2.58. The molecule has 1 N–H and O–H groups in total. The normalized spacial score (nSPS) is 14.9. The Labute approximate surface area is 99.8 Å². The maximum atomic E-state index is 11.3. The lowest BCUT2D eigenvalue weighted by Gasteiger charge is -2.14. The number of aliphatic hydroxyl groups excluding tert-OH is 1. The summed E-state index contributed by atoms with van der Waals surface area (Å²) in [6, 6.07) is 0. The third-order valence-electron chi connectivity index (χ3n) is 2.95. The molecule has 0 aromatic carbocycles. The summed E-state index contributed by atoms with van der Waals surface area (Å²) < 4.78 is 0. The van der Waals surface area contributed by atoms with Gasteiger partial charge >= 0.3 is 0 Å². The van der Waals surface area contributed by atoms with Crippen LogP contribution in [-0.2, 0) is 4.79 Å². The Bertz CT molecular complexity index is 171. The summed E-state index contributed by atoms with van der Waals surface area (Å²) >= 11 is 0. The summed E-state index contributed by atoms with van der Waals surface area (Å²) in [5, 5.41) is 7.00. The van der Waals surface area contributed by atoms with Crippen molar-refractivity contribution in [2.45, 2.75) is 58.3 Å². The third kappa shape index (κ3) is 6.83. The Morgan fingerprint density at radius 1 is 1.12 bits per heavy atom. The number of carbonyl (C=O) groups is 1. The van der Waals surface area contributed by atoms with Gasteiger partial charge in [0.05, 0.1) is 0 Å². The highest BCUT2D eigenvalue weighted by Gasteiger charge is 2.18. The lowest BCUT2D eigenvalue weighted by Crippen LogP contribution is -2.25. The van der Waals surface area contributed by atoms with Crippen LogP contribution in [0.15, 0.2) is 0 Å². The maximum absolute atomic E-state index is 11.3. The maximum Gasteiger partial charge on any atom is 0.222 e. The van der Waals surface area contributed by atoms with E-state index in [9.17, 15) is 4.79 Å². The van der Waals surface area contributed by atoms with Crippen LogP contribution in [0.5, 0.6) is 0 Å². The van der Waals surface area contributed by atoms with Crippen LogP contribution in [0.3, 0.4) is 0 Å². The molecule has 0 atom stereocenters. The zero-order valence-electron chi connectivity index (χ0n) is 10.9. The highest BCUT2D eigenvalue weighted by molar-refractivity contribution is 5.77. The van der Waals surface area contributed by atoms with Crippen LogP contribution in [-0.4, -0.2) is 36.1 Å². The van der Waals surface area contributed by atoms with E-state index < -0.39 is 0 Å². The van der Waals surface area contributed by atoms with E-state index in [0.29, 0.717) is 5.91 Å². The average Bonchev–Trinajstić information content (AvgIpc) is 2.72. The average molecular weight is 229 g/mol. The molecule has 0 unspecified atom stereocenters. The summed E-state index contributed by atoms with van der Waals surface area (Å²) in [5.74, 6) is 0.374. The van der Waals surface area contributed by atoms with Crippen LogP contribution in [0.2, 0.25) is 0 Å². The largest absolute Gasteiger partial charge is 0.400 e. The number of likely N-dealkylation sites (tertiary alicyclic amines) is 1. The van der Waals surface area contributed by atoms with Crippen molar-refractivity contribution < 1.29 is 9.90 Å². The Kier molecular flexibility index (Phi) is 10.5. The minimum Gasteiger partial charge on any atom is -0.400 e. The lowest BCUT2D eigenvalue weighted by atomic mass is 10.1. The number of rotatable bonds is 7. The van der Waals surface area contributed by atoms with Crippen LogP contribution < -0.4 is 0 Å². The number of amides is 1. The molecule has 1 aliphatic rings. The number of nitrogens with zero attached hydrogens (tertiary/aromatic N) is 1. The van der Waals surface area contributed by atoms with Crippen LogP contribution in [0.4, 0.5) is 0 Å². The number of unbranched alkanes of at least 4 members (excludes halogenated alkanes) is 5. The Morgan fingerprint density at radius 3 is 2.31 bits per heavy atom. The fourth-order valence-corrected chi connectivity index (χ4v) is 2.02. The Morgan fingerprint density at radius 2 is 1.75 bits per heavy atom. The van der Waals surface area contributed by atoms with Crippen molar-refractivity contribution in [1.29, 1.82) is 0 Å². The summed E-state index contributed by atoms with van der Waals surface area (Å²) in [4.78, 5) is 13.3. The molecule has 16 heavy (non-hydrogen) atoms. The van der Waals surface area contributed by atoms with E-state index in [0.717, 1.165) is 33.0 Å². The Balaban J connectivity index is 0.00000106. The second-order valence-corrected chi connectivity index (χ2v) is 4.25. The molecule has 0 aromatic heterocycles. The lowest BCUT2D eigenvalue weighted by molar-refractivity contribution is -0.127. The van der Waals surface area contributed by atoms with E-state index in [1.54, 1.807) is 0 Å². The molecular formula is C13H27NO2. The molecule has 1 fully saturated rings. The number of hydrogen-bond donors (Lipinski definition) is 1. The summed E-state index contributed by atoms with van der Waals surface area (Å²) in [7, 11) is 1.00. The predicted molar refractivity (Wildman–Crippen MR) is 67.3 cm³/mol. The SMILES string of the molecule is CCCCCCCCN1CCCC1=O.CO. The second-order valence-electron chi connectivity index (χ2n) is 4.25. The molecule has 0 spiro atoms. The molecule has 0 aliphatic carbocycles. The monoisotopic (exact) mass is 229 g/mol. The summed E-state index contributed by atoms with van der Waals surface area (Å²) in [6.07, 6.45) is 9.75. The second kappa shape index (κ2) is 10.9. The van der Waals surface area contributed by atoms with Gasteiger partial charge in [0.15, 0.2) is 0 Å². The zero-order chi connectivity index (χ0) is 12.2. The van der Waals surface area contributed by atoms with Crippen molar-refractivity contribution in [2.24, 2.45) is 0 Å². The Hall–Kier alpha value is -0.570. The van der Waals surface area contributed by atoms with Gasteiger partial charge in [-0.05, 0) is 12.8 Å². The van der Waals surface area contributed by atoms with Crippen molar-refractivity contribution in [3.05, 3.63) is 0 Å². The van der Waals surface area contributed by atoms with Crippen LogP contribution in [0.25, 0.3) is 0 Å². The van der Waals surface area contributed by atoms with Gasteiger partial charge in [-0.3, -0.25) is 4.79 Å². The van der Waals surface area contributed by atoms with Crippen LogP contribution >= 0.6 is 0 Å². The molecule has 0 saturated carbocycles. The molecule has 0 radical (unpaired) electrons. The van der Waals surface area contributed by atoms with Gasteiger partial charge in [0, 0.05) is 26.6 Å². The molecule has 96 valence electrons.